The third-order valence-electron chi connectivity index (χ3n) is 5.60. The van der Waals surface area contributed by atoms with Gasteiger partial charge in [-0.2, -0.15) is 0 Å². The van der Waals surface area contributed by atoms with Crippen molar-refractivity contribution in [2.75, 3.05) is 7.05 Å². The number of amides is 1. The molecule has 1 amide bonds. The summed E-state index contributed by atoms with van der Waals surface area (Å²) in [5.74, 6) is 0.657. The van der Waals surface area contributed by atoms with E-state index in [-0.39, 0.29) is 5.91 Å². The van der Waals surface area contributed by atoms with Gasteiger partial charge in [0.2, 0.25) is 5.91 Å². The highest BCUT2D eigenvalue weighted by Crippen LogP contribution is 2.30. The molecule has 0 bridgehead atoms. The Bertz CT molecular complexity index is 361. The van der Waals surface area contributed by atoms with Crippen molar-refractivity contribution in [1.82, 2.24) is 10.2 Å². The molecule has 0 aliphatic heterocycles. The number of nitrogens with one attached hydrogen (secondary N) is 1. The summed E-state index contributed by atoms with van der Waals surface area (Å²) in [5.41, 5.74) is 5.10. The zero-order chi connectivity index (χ0) is 15.6. The van der Waals surface area contributed by atoms with Gasteiger partial charge in [0.15, 0.2) is 0 Å². The van der Waals surface area contributed by atoms with E-state index in [1.165, 1.54) is 38.5 Å². The maximum Gasteiger partial charge on any atom is 0.237 e. The van der Waals surface area contributed by atoms with Gasteiger partial charge in [0.25, 0.3) is 0 Å². The molecule has 2 fully saturated rings. The standard InChI is InChI=1S/C17H33N3O/c1-12-5-9-15(10-6-12)20(4)13(2)11-17(3,16(18)21)19-14-7-8-14/h12-15,19H,5-11H2,1-4H3,(H2,18,21). The van der Waals surface area contributed by atoms with Gasteiger partial charge in [-0.15, -0.1) is 0 Å². The van der Waals surface area contributed by atoms with Crippen LogP contribution in [-0.4, -0.2) is 41.5 Å². The third-order valence-corrected chi connectivity index (χ3v) is 5.60. The third kappa shape index (κ3) is 4.43. The second-order valence-corrected chi connectivity index (χ2v) is 7.75. The molecule has 4 nitrogen and oxygen atoms in total. The SMILES string of the molecule is CC1CCC(N(C)C(C)CC(C)(NC2CC2)C(N)=O)CC1. The molecule has 0 spiro atoms. The number of hydrogen-bond donors (Lipinski definition) is 2. The van der Waals surface area contributed by atoms with Crippen molar-refractivity contribution < 1.29 is 4.79 Å². The Hall–Kier alpha value is -0.610. The molecule has 0 radical (unpaired) electrons. The first-order chi connectivity index (χ1) is 9.82. The minimum atomic E-state index is -0.573. The average molecular weight is 295 g/mol. The van der Waals surface area contributed by atoms with Crippen LogP contribution in [-0.2, 0) is 4.79 Å². The maximum atomic E-state index is 11.9. The van der Waals surface area contributed by atoms with Crippen LogP contribution in [0.25, 0.3) is 0 Å². The highest BCUT2D eigenvalue weighted by atomic mass is 16.1. The molecular weight excluding hydrogens is 262 g/mol. The van der Waals surface area contributed by atoms with E-state index in [9.17, 15) is 4.79 Å². The minimum absolute atomic E-state index is 0.216. The molecule has 21 heavy (non-hydrogen) atoms. The van der Waals surface area contributed by atoms with Crippen molar-refractivity contribution in [2.45, 2.75) is 89.4 Å². The molecule has 2 aliphatic rings. The Labute approximate surface area is 129 Å². The second kappa shape index (κ2) is 6.66. The van der Waals surface area contributed by atoms with Gasteiger partial charge < -0.3 is 16.0 Å². The molecule has 2 rings (SSSR count). The lowest BCUT2D eigenvalue weighted by molar-refractivity contribution is -0.124. The van der Waals surface area contributed by atoms with E-state index in [0.717, 1.165) is 12.3 Å². The number of hydrogen-bond acceptors (Lipinski definition) is 3. The van der Waals surface area contributed by atoms with Crippen LogP contribution in [0, 0.1) is 5.92 Å². The molecule has 2 unspecified atom stereocenters. The lowest BCUT2D eigenvalue weighted by atomic mass is 9.85. The summed E-state index contributed by atoms with van der Waals surface area (Å²) in [6.45, 7) is 6.55. The van der Waals surface area contributed by atoms with Crippen LogP contribution in [0.3, 0.4) is 0 Å². The largest absolute Gasteiger partial charge is 0.368 e. The van der Waals surface area contributed by atoms with E-state index in [4.69, 9.17) is 5.73 Å². The summed E-state index contributed by atoms with van der Waals surface area (Å²) >= 11 is 0. The van der Waals surface area contributed by atoms with Crippen LogP contribution in [0.15, 0.2) is 0 Å². The molecule has 3 N–H and O–H groups in total. The number of nitrogens with zero attached hydrogens (tertiary/aromatic N) is 1. The van der Waals surface area contributed by atoms with Crippen LogP contribution in [0.1, 0.15) is 65.7 Å². The van der Waals surface area contributed by atoms with E-state index in [1.807, 2.05) is 6.92 Å². The first-order valence-electron chi connectivity index (χ1n) is 8.61. The zero-order valence-electron chi connectivity index (χ0n) is 14.2. The number of nitrogens with two attached hydrogens (primary N) is 1. The monoisotopic (exact) mass is 295 g/mol. The molecule has 0 aromatic rings. The van der Waals surface area contributed by atoms with Gasteiger partial charge in [0, 0.05) is 18.1 Å². The molecule has 0 aromatic heterocycles. The van der Waals surface area contributed by atoms with Gasteiger partial charge in [0.1, 0.15) is 0 Å². The van der Waals surface area contributed by atoms with Gasteiger partial charge in [-0.25, -0.2) is 0 Å². The summed E-state index contributed by atoms with van der Waals surface area (Å²) in [5, 5.41) is 3.46. The Morgan fingerprint density at radius 3 is 2.33 bits per heavy atom. The van der Waals surface area contributed by atoms with Crippen LogP contribution in [0.4, 0.5) is 0 Å². The number of carbonyl (C=O) groups is 1. The van der Waals surface area contributed by atoms with Crippen molar-refractivity contribution >= 4 is 5.91 Å². The van der Waals surface area contributed by atoms with Gasteiger partial charge in [-0.1, -0.05) is 6.92 Å². The first-order valence-corrected chi connectivity index (χ1v) is 8.61. The molecule has 2 atom stereocenters. The Balaban J connectivity index is 1.91. The topological polar surface area (TPSA) is 58.4 Å². The van der Waals surface area contributed by atoms with Gasteiger partial charge >= 0.3 is 0 Å². The normalized spacial score (nSPS) is 30.9. The number of primary amides is 1. The Morgan fingerprint density at radius 1 is 1.29 bits per heavy atom. The molecule has 2 saturated carbocycles. The summed E-state index contributed by atoms with van der Waals surface area (Å²) in [6, 6.07) is 1.52. The molecule has 0 aromatic carbocycles. The maximum absolute atomic E-state index is 11.9. The first kappa shape index (κ1) is 16.8. The fourth-order valence-corrected chi connectivity index (χ4v) is 3.65. The Kier molecular flexibility index (Phi) is 5.31. The summed E-state index contributed by atoms with van der Waals surface area (Å²) in [6.07, 6.45) is 8.36. The van der Waals surface area contributed by atoms with E-state index in [2.05, 4.69) is 31.1 Å². The minimum Gasteiger partial charge on any atom is -0.368 e. The summed E-state index contributed by atoms with van der Waals surface area (Å²) in [7, 11) is 2.21. The highest BCUT2D eigenvalue weighted by Gasteiger charge is 2.39. The summed E-state index contributed by atoms with van der Waals surface area (Å²) in [4.78, 5) is 14.4. The van der Waals surface area contributed by atoms with Crippen molar-refractivity contribution in [3.63, 3.8) is 0 Å². The van der Waals surface area contributed by atoms with E-state index < -0.39 is 5.54 Å². The second-order valence-electron chi connectivity index (χ2n) is 7.75. The van der Waals surface area contributed by atoms with Gasteiger partial charge in [-0.3, -0.25) is 4.79 Å². The Morgan fingerprint density at radius 2 is 1.86 bits per heavy atom. The quantitative estimate of drug-likeness (QED) is 0.757. The van der Waals surface area contributed by atoms with E-state index >= 15 is 0 Å². The van der Waals surface area contributed by atoms with Crippen molar-refractivity contribution in [1.29, 1.82) is 0 Å². The van der Waals surface area contributed by atoms with E-state index in [1.54, 1.807) is 0 Å². The molecule has 2 aliphatic carbocycles. The van der Waals surface area contributed by atoms with Crippen molar-refractivity contribution in [3.8, 4) is 0 Å². The average Bonchev–Trinajstić information content (AvgIpc) is 3.22. The van der Waals surface area contributed by atoms with Gasteiger partial charge in [0.05, 0.1) is 5.54 Å². The smallest absolute Gasteiger partial charge is 0.237 e. The van der Waals surface area contributed by atoms with Crippen LogP contribution in [0.2, 0.25) is 0 Å². The van der Waals surface area contributed by atoms with E-state index in [0.29, 0.717) is 18.1 Å². The fraction of sp³-hybridized carbons (Fsp3) is 0.941. The molecule has 0 saturated heterocycles. The van der Waals surface area contributed by atoms with Crippen molar-refractivity contribution in [2.24, 2.45) is 11.7 Å². The highest BCUT2D eigenvalue weighted by molar-refractivity contribution is 5.84. The van der Waals surface area contributed by atoms with Crippen LogP contribution >= 0.6 is 0 Å². The van der Waals surface area contributed by atoms with Crippen molar-refractivity contribution in [3.05, 3.63) is 0 Å². The molecule has 0 heterocycles. The van der Waals surface area contributed by atoms with Crippen LogP contribution < -0.4 is 11.1 Å². The molecule has 4 heteroatoms. The molecule has 122 valence electrons. The molecular formula is C17H33N3O. The lowest BCUT2D eigenvalue weighted by Gasteiger charge is -2.40. The number of carbonyl (C=O) groups excluding carboxylic acids is 1. The summed E-state index contributed by atoms with van der Waals surface area (Å²) < 4.78 is 0. The predicted molar refractivity (Wildman–Crippen MR) is 87.0 cm³/mol. The fourth-order valence-electron chi connectivity index (χ4n) is 3.65. The van der Waals surface area contributed by atoms with Crippen LogP contribution in [0.5, 0.6) is 0 Å². The van der Waals surface area contributed by atoms with Gasteiger partial charge in [-0.05, 0) is 71.8 Å². The number of rotatable bonds is 7. The lowest BCUT2D eigenvalue weighted by Crippen LogP contribution is -2.57. The zero-order valence-corrected chi connectivity index (χ0v) is 14.2. The predicted octanol–water partition coefficient (Wildman–Crippen LogP) is 2.27.